The molecule has 2 rings (SSSR count). The van der Waals surface area contributed by atoms with Crippen LogP contribution in [-0.2, 0) is 4.79 Å². The van der Waals surface area contributed by atoms with E-state index < -0.39 is 11.9 Å². The van der Waals surface area contributed by atoms with Crippen molar-refractivity contribution in [1.29, 1.82) is 5.26 Å². The number of carboxylic acid groups (broad SMARTS) is 1. The summed E-state index contributed by atoms with van der Waals surface area (Å²) in [5.41, 5.74) is 0.210. The van der Waals surface area contributed by atoms with E-state index in [1.54, 1.807) is 6.07 Å². The highest BCUT2D eigenvalue weighted by molar-refractivity contribution is 6.06. The van der Waals surface area contributed by atoms with Crippen molar-refractivity contribution in [2.45, 2.75) is 57.7 Å². The molecule has 1 heterocycles. The fraction of sp³-hybridized carbons (Fsp3) is 0.450. The predicted octanol–water partition coefficient (Wildman–Crippen LogP) is 2.63. The SMILES string of the molecule is CC1(C)CC(N/C=C(/C#N)C(=O)Nc2cccc(C(=O)O)c2)CC(C)(C)N1. The maximum atomic E-state index is 12.4. The lowest BCUT2D eigenvalue weighted by Gasteiger charge is -2.46. The van der Waals surface area contributed by atoms with Crippen LogP contribution in [0.1, 0.15) is 50.9 Å². The molecule has 0 aliphatic carbocycles. The zero-order valence-electron chi connectivity index (χ0n) is 16.1. The van der Waals surface area contributed by atoms with Crippen LogP contribution in [0.4, 0.5) is 5.69 Å². The zero-order valence-corrected chi connectivity index (χ0v) is 16.1. The van der Waals surface area contributed by atoms with Crippen molar-refractivity contribution in [1.82, 2.24) is 10.6 Å². The summed E-state index contributed by atoms with van der Waals surface area (Å²) in [7, 11) is 0. The molecule has 1 fully saturated rings. The quantitative estimate of drug-likeness (QED) is 0.468. The van der Waals surface area contributed by atoms with Crippen LogP contribution in [0.5, 0.6) is 0 Å². The van der Waals surface area contributed by atoms with Gasteiger partial charge in [-0.2, -0.15) is 5.26 Å². The molecule has 7 heteroatoms. The van der Waals surface area contributed by atoms with Crippen LogP contribution in [0.2, 0.25) is 0 Å². The Morgan fingerprint density at radius 2 is 1.89 bits per heavy atom. The average molecular weight is 370 g/mol. The molecule has 27 heavy (non-hydrogen) atoms. The number of aromatic carboxylic acids is 1. The first kappa shape index (κ1) is 20.5. The molecule has 1 aliphatic rings. The van der Waals surface area contributed by atoms with E-state index in [4.69, 9.17) is 5.11 Å². The number of rotatable bonds is 5. The minimum Gasteiger partial charge on any atom is -0.478 e. The van der Waals surface area contributed by atoms with Crippen molar-refractivity contribution in [3.63, 3.8) is 0 Å². The molecule has 0 aromatic heterocycles. The van der Waals surface area contributed by atoms with E-state index >= 15 is 0 Å². The van der Waals surface area contributed by atoms with Gasteiger partial charge in [0.1, 0.15) is 11.6 Å². The molecule has 1 aliphatic heterocycles. The van der Waals surface area contributed by atoms with Gasteiger partial charge in [-0.25, -0.2) is 4.79 Å². The maximum Gasteiger partial charge on any atom is 0.335 e. The molecule has 1 aromatic carbocycles. The third kappa shape index (κ3) is 5.83. The Balaban J connectivity index is 2.07. The molecule has 0 saturated carbocycles. The van der Waals surface area contributed by atoms with Gasteiger partial charge in [-0.15, -0.1) is 0 Å². The summed E-state index contributed by atoms with van der Waals surface area (Å²) in [6.07, 6.45) is 3.15. The van der Waals surface area contributed by atoms with Gasteiger partial charge in [-0.3, -0.25) is 4.79 Å². The summed E-state index contributed by atoms with van der Waals surface area (Å²) in [5.74, 6) is -1.67. The first-order chi connectivity index (χ1) is 12.5. The summed E-state index contributed by atoms with van der Waals surface area (Å²) in [4.78, 5) is 23.4. The summed E-state index contributed by atoms with van der Waals surface area (Å²) in [5, 5.41) is 27.7. The molecule has 0 bridgehead atoms. The lowest BCUT2D eigenvalue weighted by atomic mass is 9.80. The summed E-state index contributed by atoms with van der Waals surface area (Å²) in [6.45, 7) is 8.50. The first-order valence-electron chi connectivity index (χ1n) is 8.82. The number of amides is 1. The molecular weight excluding hydrogens is 344 g/mol. The standard InChI is InChI=1S/C20H26N4O3/c1-19(2)9-16(10-20(3,4)24-19)22-12-14(11-21)17(25)23-15-7-5-6-13(8-15)18(26)27/h5-8,12,16,22,24H,9-10H2,1-4H3,(H,23,25)(H,26,27)/b14-12-. The van der Waals surface area contributed by atoms with Crippen LogP contribution < -0.4 is 16.0 Å². The number of nitrogens with zero attached hydrogens (tertiary/aromatic N) is 1. The Bertz CT molecular complexity index is 790. The molecule has 0 radical (unpaired) electrons. The van der Waals surface area contributed by atoms with E-state index in [9.17, 15) is 14.9 Å². The Morgan fingerprint density at radius 3 is 2.44 bits per heavy atom. The van der Waals surface area contributed by atoms with Crippen molar-refractivity contribution in [2.75, 3.05) is 5.32 Å². The van der Waals surface area contributed by atoms with Crippen molar-refractivity contribution in [3.05, 3.63) is 41.6 Å². The van der Waals surface area contributed by atoms with Gasteiger partial charge in [-0.05, 0) is 58.7 Å². The van der Waals surface area contributed by atoms with Crippen LogP contribution in [0, 0.1) is 11.3 Å². The van der Waals surface area contributed by atoms with Crippen LogP contribution in [0.25, 0.3) is 0 Å². The van der Waals surface area contributed by atoms with Gasteiger partial charge < -0.3 is 21.1 Å². The van der Waals surface area contributed by atoms with Gasteiger partial charge in [0.15, 0.2) is 0 Å². The number of nitrogens with one attached hydrogen (secondary N) is 3. The van der Waals surface area contributed by atoms with Gasteiger partial charge in [0, 0.05) is 29.0 Å². The Kier molecular flexibility index (Phi) is 5.91. The summed E-state index contributed by atoms with van der Waals surface area (Å²) < 4.78 is 0. The van der Waals surface area contributed by atoms with Crippen LogP contribution in [0.15, 0.2) is 36.0 Å². The van der Waals surface area contributed by atoms with Gasteiger partial charge >= 0.3 is 5.97 Å². The van der Waals surface area contributed by atoms with E-state index in [2.05, 4.69) is 43.6 Å². The number of anilines is 1. The molecule has 0 unspecified atom stereocenters. The molecule has 0 spiro atoms. The molecular formula is C20H26N4O3. The normalized spacial score (nSPS) is 19.0. The van der Waals surface area contributed by atoms with E-state index in [1.807, 2.05) is 6.07 Å². The number of hydrogen-bond acceptors (Lipinski definition) is 5. The van der Waals surface area contributed by atoms with Crippen molar-refractivity contribution >= 4 is 17.6 Å². The fourth-order valence-corrected chi connectivity index (χ4v) is 3.72. The van der Waals surface area contributed by atoms with Gasteiger partial charge in [0.2, 0.25) is 0 Å². The number of carbonyl (C=O) groups is 2. The summed E-state index contributed by atoms with van der Waals surface area (Å²) in [6, 6.07) is 7.91. The molecule has 144 valence electrons. The molecule has 1 aromatic rings. The lowest BCUT2D eigenvalue weighted by molar-refractivity contribution is -0.112. The lowest BCUT2D eigenvalue weighted by Crippen LogP contribution is -2.61. The topological polar surface area (TPSA) is 114 Å². The highest BCUT2D eigenvalue weighted by Crippen LogP contribution is 2.28. The molecule has 7 nitrogen and oxygen atoms in total. The smallest absolute Gasteiger partial charge is 0.335 e. The zero-order chi connectivity index (χ0) is 20.2. The van der Waals surface area contributed by atoms with Crippen LogP contribution in [0.3, 0.4) is 0 Å². The average Bonchev–Trinajstić information content (AvgIpc) is 2.52. The minimum absolute atomic E-state index is 0.0560. The maximum absolute atomic E-state index is 12.4. The van der Waals surface area contributed by atoms with Crippen molar-refractivity contribution < 1.29 is 14.7 Å². The van der Waals surface area contributed by atoms with E-state index in [1.165, 1.54) is 24.4 Å². The largest absolute Gasteiger partial charge is 0.478 e. The van der Waals surface area contributed by atoms with Crippen LogP contribution in [-0.4, -0.2) is 34.1 Å². The monoisotopic (exact) mass is 370 g/mol. The Morgan fingerprint density at radius 1 is 1.26 bits per heavy atom. The molecule has 4 N–H and O–H groups in total. The highest BCUT2D eigenvalue weighted by atomic mass is 16.4. The molecule has 0 atom stereocenters. The second-order valence-electron chi connectivity index (χ2n) is 8.17. The van der Waals surface area contributed by atoms with Crippen molar-refractivity contribution in [3.8, 4) is 6.07 Å². The number of hydrogen-bond donors (Lipinski definition) is 4. The van der Waals surface area contributed by atoms with Crippen molar-refractivity contribution in [2.24, 2.45) is 0 Å². The number of benzene rings is 1. The Labute approximate surface area is 159 Å². The number of carbonyl (C=O) groups excluding carboxylic acids is 1. The predicted molar refractivity (Wildman–Crippen MR) is 103 cm³/mol. The second-order valence-corrected chi connectivity index (χ2v) is 8.17. The first-order valence-corrected chi connectivity index (χ1v) is 8.82. The van der Waals surface area contributed by atoms with E-state index in [-0.39, 0.29) is 28.3 Å². The van der Waals surface area contributed by atoms with Gasteiger partial charge in [-0.1, -0.05) is 6.07 Å². The Hall–Kier alpha value is -2.85. The number of piperidine rings is 1. The highest BCUT2D eigenvalue weighted by Gasteiger charge is 2.37. The third-order valence-corrected chi connectivity index (χ3v) is 4.39. The second kappa shape index (κ2) is 7.80. The van der Waals surface area contributed by atoms with Crippen LogP contribution >= 0.6 is 0 Å². The summed E-state index contributed by atoms with van der Waals surface area (Å²) >= 11 is 0. The van der Waals surface area contributed by atoms with E-state index in [0.717, 1.165) is 12.8 Å². The van der Waals surface area contributed by atoms with E-state index in [0.29, 0.717) is 5.69 Å². The minimum atomic E-state index is -1.08. The molecule has 1 saturated heterocycles. The molecule has 1 amide bonds. The van der Waals surface area contributed by atoms with Gasteiger partial charge in [0.05, 0.1) is 5.56 Å². The number of carboxylic acids is 1. The van der Waals surface area contributed by atoms with Gasteiger partial charge in [0.25, 0.3) is 5.91 Å². The third-order valence-electron chi connectivity index (χ3n) is 4.39. The fourth-order valence-electron chi connectivity index (χ4n) is 3.72. The number of nitriles is 1.